The van der Waals surface area contributed by atoms with Crippen molar-refractivity contribution >= 4 is 46.3 Å². The highest BCUT2D eigenvalue weighted by Gasteiger charge is 2.32. The van der Waals surface area contributed by atoms with Gasteiger partial charge in [-0.05, 0) is 30.7 Å². The summed E-state index contributed by atoms with van der Waals surface area (Å²) in [5, 5.41) is 0. The Morgan fingerprint density at radius 1 is 1.43 bits per heavy atom. The van der Waals surface area contributed by atoms with Crippen molar-refractivity contribution in [3.63, 3.8) is 0 Å². The van der Waals surface area contributed by atoms with Crippen LogP contribution in [0.25, 0.3) is 6.08 Å². The number of hydrogen-bond donors (Lipinski definition) is 0. The number of benzene rings is 1. The second kappa shape index (κ2) is 8.12. The summed E-state index contributed by atoms with van der Waals surface area (Å²) in [4.78, 5) is 25.8. The van der Waals surface area contributed by atoms with Crippen molar-refractivity contribution in [2.24, 2.45) is 0 Å². The third kappa shape index (κ3) is 4.56. The SMILES string of the molecule is CCOC(=O)CCN1C(=O)C(=Cc2cccc(OC)c2)SC1=S. The molecule has 1 aromatic rings. The zero-order valence-corrected chi connectivity index (χ0v) is 14.5. The van der Waals surface area contributed by atoms with Gasteiger partial charge >= 0.3 is 5.97 Å². The number of hydrogen-bond acceptors (Lipinski definition) is 6. The van der Waals surface area contributed by atoms with Crippen LogP contribution in [0.15, 0.2) is 29.2 Å². The summed E-state index contributed by atoms with van der Waals surface area (Å²) in [6, 6.07) is 7.41. The Kier molecular flexibility index (Phi) is 6.18. The van der Waals surface area contributed by atoms with Crippen LogP contribution >= 0.6 is 24.0 Å². The van der Waals surface area contributed by atoms with E-state index >= 15 is 0 Å². The summed E-state index contributed by atoms with van der Waals surface area (Å²) in [5.74, 6) is 0.196. The van der Waals surface area contributed by atoms with Crippen LogP contribution in [-0.2, 0) is 14.3 Å². The topological polar surface area (TPSA) is 55.8 Å². The average Bonchev–Trinajstić information content (AvgIpc) is 2.80. The highest BCUT2D eigenvalue weighted by molar-refractivity contribution is 8.26. The Morgan fingerprint density at radius 3 is 2.91 bits per heavy atom. The van der Waals surface area contributed by atoms with Crippen LogP contribution < -0.4 is 4.74 Å². The first-order valence-corrected chi connectivity index (χ1v) is 8.32. The van der Waals surface area contributed by atoms with E-state index in [2.05, 4.69) is 0 Å². The molecule has 5 nitrogen and oxygen atoms in total. The largest absolute Gasteiger partial charge is 0.497 e. The molecule has 122 valence electrons. The summed E-state index contributed by atoms with van der Waals surface area (Å²) in [6.07, 6.45) is 1.90. The lowest BCUT2D eigenvalue weighted by molar-refractivity contribution is -0.143. The number of carbonyl (C=O) groups excluding carboxylic acids is 2. The van der Waals surface area contributed by atoms with Gasteiger partial charge in [-0.2, -0.15) is 0 Å². The number of nitrogens with zero attached hydrogens (tertiary/aromatic N) is 1. The zero-order valence-electron chi connectivity index (χ0n) is 12.9. The van der Waals surface area contributed by atoms with Gasteiger partial charge in [0.05, 0.1) is 25.0 Å². The molecule has 2 rings (SSSR count). The Morgan fingerprint density at radius 2 is 2.22 bits per heavy atom. The molecule has 0 N–H and O–H groups in total. The van der Waals surface area contributed by atoms with E-state index in [1.54, 1.807) is 20.1 Å². The van der Waals surface area contributed by atoms with Crippen molar-refractivity contribution in [2.45, 2.75) is 13.3 Å². The maximum atomic E-state index is 12.4. The van der Waals surface area contributed by atoms with Crippen molar-refractivity contribution in [3.8, 4) is 5.75 Å². The van der Waals surface area contributed by atoms with Crippen molar-refractivity contribution in [3.05, 3.63) is 34.7 Å². The molecule has 0 saturated carbocycles. The van der Waals surface area contributed by atoms with Gasteiger partial charge in [0.2, 0.25) is 0 Å². The number of ether oxygens (including phenoxy) is 2. The van der Waals surface area contributed by atoms with E-state index in [1.807, 2.05) is 24.3 Å². The van der Waals surface area contributed by atoms with Gasteiger partial charge in [-0.25, -0.2) is 0 Å². The van der Waals surface area contributed by atoms with Gasteiger partial charge in [-0.15, -0.1) is 0 Å². The van der Waals surface area contributed by atoms with E-state index in [0.29, 0.717) is 15.8 Å². The predicted molar refractivity (Wildman–Crippen MR) is 94.1 cm³/mol. The van der Waals surface area contributed by atoms with Crippen molar-refractivity contribution in [1.82, 2.24) is 4.90 Å². The first kappa shape index (κ1) is 17.5. The van der Waals surface area contributed by atoms with Crippen LogP contribution in [0.2, 0.25) is 0 Å². The fraction of sp³-hybridized carbons (Fsp3) is 0.312. The van der Waals surface area contributed by atoms with Gasteiger partial charge in [0.1, 0.15) is 10.1 Å². The van der Waals surface area contributed by atoms with E-state index in [4.69, 9.17) is 21.7 Å². The standard InChI is InChI=1S/C16H17NO4S2/c1-3-21-14(18)7-8-17-15(19)13(23-16(17)22)10-11-5-4-6-12(9-11)20-2/h4-6,9-10H,3,7-8H2,1-2H3. The lowest BCUT2D eigenvalue weighted by Gasteiger charge is -2.13. The Bertz CT molecular complexity index is 657. The monoisotopic (exact) mass is 351 g/mol. The normalized spacial score (nSPS) is 16.1. The van der Waals surface area contributed by atoms with Gasteiger partial charge in [0.15, 0.2) is 0 Å². The number of carbonyl (C=O) groups is 2. The van der Waals surface area contributed by atoms with E-state index in [9.17, 15) is 9.59 Å². The maximum Gasteiger partial charge on any atom is 0.307 e. The second-order valence-electron chi connectivity index (χ2n) is 4.66. The van der Waals surface area contributed by atoms with Crippen molar-refractivity contribution in [2.75, 3.05) is 20.3 Å². The molecule has 0 bridgehead atoms. The molecule has 1 aliphatic rings. The molecule has 0 radical (unpaired) electrons. The Labute approximate surface area is 144 Å². The van der Waals surface area contributed by atoms with Crippen LogP contribution in [0, 0.1) is 0 Å². The molecule has 1 aliphatic heterocycles. The second-order valence-corrected chi connectivity index (χ2v) is 6.34. The molecule has 23 heavy (non-hydrogen) atoms. The number of methoxy groups -OCH3 is 1. The summed E-state index contributed by atoms with van der Waals surface area (Å²) in [6.45, 7) is 2.31. The third-order valence-corrected chi connectivity index (χ3v) is 4.49. The number of rotatable bonds is 6. The molecule has 0 aliphatic carbocycles. The lowest BCUT2D eigenvalue weighted by atomic mass is 10.2. The summed E-state index contributed by atoms with van der Waals surface area (Å²) in [5.41, 5.74) is 0.857. The van der Waals surface area contributed by atoms with E-state index in [1.165, 1.54) is 16.7 Å². The van der Waals surface area contributed by atoms with E-state index < -0.39 is 0 Å². The Hall–Kier alpha value is -1.86. The fourth-order valence-electron chi connectivity index (χ4n) is 2.01. The highest BCUT2D eigenvalue weighted by atomic mass is 32.2. The predicted octanol–water partition coefficient (Wildman–Crippen LogP) is 2.85. The summed E-state index contributed by atoms with van der Waals surface area (Å²) in [7, 11) is 1.59. The maximum absolute atomic E-state index is 12.4. The van der Waals surface area contributed by atoms with Gasteiger partial charge in [-0.3, -0.25) is 14.5 Å². The molecule has 1 fully saturated rings. The van der Waals surface area contributed by atoms with Gasteiger partial charge < -0.3 is 9.47 Å². The third-order valence-electron chi connectivity index (χ3n) is 3.11. The molecule has 0 spiro atoms. The molecule has 7 heteroatoms. The molecular weight excluding hydrogens is 334 g/mol. The molecule has 1 saturated heterocycles. The molecule has 0 unspecified atom stereocenters. The molecule has 1 amide bonds. The number of amides is 1. The number of thioether (sulfide) groups is 1. The Balaban J connectivity index is 2.08. The van der Waals surface area contributed by atoms with Crippen LogP contribution in [0.5, 0.6) is 5.75 Å². The van der Waals surface area contributed by atoms with Crippen LogP contribution in [0.1, 0.15) is 18.9 Å². The van der Waals surface area contributed by atoms with E-state index in [0.717, 1.165) is 11.3 Å². The highest BCUT2D eigenvalue weighted by Crippen LogP contribution is 2.33. The van der Waals surface area contributed by atoms with Gasteiger partial charge in [-0.1, -0.05) is 36.1 Å². The van der Waals surface area contributed by atoms with Crippen molar-refractivity contribution in [1.29, 1.82) is 0 Å². The lowest BCUT2D eigenvalue weighted by Crippen LogP contribution is -2.30. The zero-order chi connectivity index (χ0) is 16.8. The minimum absolute atomic E-state index is 0.132. The quantitative estimate of drug-likeness (QED) is 0.446. The minimum atomic E-state index is -0.335. The summed E-state index contributed by atoms with van der Waals surface area (Å²) < 4.78 is 10.5. The molecule has 1 aromatic carbocycles. The van der Waals surface area contributed by atoms with Crippen LogP contribution in [0.4, 0.5) is 0 Å². The first-order valence-electron chi connectivity index (χ1n) is 7.10. The van der Waals surface area contributed by atoms with Crippen LogP contribution in [0.3, 0.4) is 0 Å². The van der Waals surface area contributed by atoms with Gasteiger partial charge in [0, 0.05) is 6.54 Å². The van der Waals surface area contributed by atoms with Crippen LogP contribution in [-0.4, -0.2) is 41.4 Å². The molecule has 1 heterocycles. The molecule has 0 aromatic heterocycles. The average molecular weight is 351 g/mol. The number of esters is 1. The number of thiocarbonyl (C=S) groups is 1. The fourth-order valence-corrected chi connectivity index (χ4v) is 3.32. The van der Waals surface area contributed by atoms with E-state index in [-0.39, 0.29) is 24.8 Å². The van der Waals surface area contributed by atoms with Gasteiger partial charge in [0.25, 0.3) is 5.91 Å². The summed E-state index contributed by atoms with van der Waals surface area (Å²) >= 11 is 6.46. The minimum Gasteiger partial charge on any atom is -0.497 e. The smallest absolute Gasteiger partial charge is 0.307 e. The molecule has 0 atom stereocenters. The van der Waals surface area contributed by atoms with Crippen molar-refractivity contribution < 1.29 is 19.1 Å². The molecular formula is C16H17NO4S2. The first-order chi connectivity index (χ1) is 11.0.